The molecule has 0 aliphatic rings. The summed E-state index contributed by atoms with van der Waals surface area (Å²) in [7, 11) is 0. The first-order valence-electron chi connectivity index (χ1n) is 7.64. The first-order valence-corrected chi connectivity index (χ1v) is 9.24. The van der Waals surface area contributed by atoms with Gasteiger partial charge in [-0.25, -0.2) is 0 Å². The molecule has 3 aromatic rings. The Morgan fingerprint density at radius 3 is 2.72 bits per heavy atom. The van der Waals surface area contributed by atoms with Gasteiger partial charge in [0.25, 0.3) is 0 Å². The Balaban J connectivity index is 1.71. The van der Waals surface area contributed by atoms with Gasteiger partial charge in [-0.1, -0.05) is 53.7 Å². The third-order valence-electron chi connectivity index (χ3n) is 3.47. The summed E-state index contributed by atoms with van der Waals surface area (Å²) in [6, 6.07) is 15.6. The van der Waals surface area contributed by atoms with Crippen LogP contribution in [0.5, 0.6) is 5.75 Å². The molecular weight excluding hydrogens is 356 g/mol. The first kappa shape index (κ1) is 17.5. The van der Waals surface area contributed by atoms with Crippen molar-refractivity contribution in [2.24, 2.45) is 5.10 Å². The van der Waals surface area contributed by atoms with Gasteiger partial charge in [0.2, 0.25) is 5.16 Å². The number of hydrogen-bond donors (Lipinski definition) is 0. The number of thioether (sulfide) groups is 1. The van der Waals surface area contributed by atoms with E-state index in [0.717, 1.165) is 22.1 Å². The van der Waals surface area contributed by atoms with E-state index in [9.17, 15) is 0 Å². The van der Waals surface area contributed by atoms with Gasteiger partial charge >= 0.3 is 0 Å². The van der Waals surface area contributed by atoms with Gasteiger partial charge in [-0.15, -0.1) is 10.2 Å². The highest BCUT2D eigenvalue weighted by molar-refractivity contribution is 7.98. The zero-order valence-corrected chi connectivity index (χ0v) is 15.5. The normalized spacial score (nSPS) is 11.2. The van der Waals surface area contributed by atoms with Gasteiger partial charge in [0.1, 0.15) is 12.4 Å². The first-order chi connectivity index (χ1) is 12.2. The number of halogens is 1. The van der Waals surface area contributed by atoms with E-state index in [2.05, 4.69) is 15.3 Å². The summed E-state index contributed by atoms with van der Waals surface area (Å²) in [4.78, 5) is 0. The maximum atomic E-state index is 6.32. The molecule has 1 heterocycles. The highest BCUT2D eigenvalue weighted by Crippen LogP contribution is 2.26. The van der Waals surface area contributed by atoms with Crippen LogP contribution in [0.15, 0.2) is 58.8 Å². The number of nitrogens with zero attached hydrogens (tertiary/aromatic N) is 4. The topological polar surface area (TPSA) is 52.3 Å². The van der Waals surface area contributed by atoms with Crippen molar-refractivity contribution in [1.82, 2.24) is 14.9 Å². The SMILES string of the molecule is CSc1nnc(C)n1/N=C\c1ccc(OCc2ccccc2)c(Cl)c1. The van der Waals surface area contributed by atoms with Crippen molar-refractivity contribution in [3.8, 4) is 5.75 Å². The summed E-state index contributed by atoms with van der Waals surface area (Å²) < 4.78 is 7.47. The maximum Gasteiger partial charge on any atom is 0.211 e. The van der Waals surface area contributed by atoms with Gasteiger partial charge in [0.15, 0.2) is 5.82 Å². The fourth-order valence-electron chi connectivity index (χ4n) is 2.17. The molecule has 0 fully saturated rings. The number of ether oxygens (including phenoxy) is 1. The Morgan fingerprint density at radius 1 is 1.20 bits per heavy atom. The molecule has 0 bridgehead atoms. The second-order valence-corrected chi connectivity index (χ2v) is 6.44. The molecule has 0 saturated carbocycles. The Labute approximate surface area is 155 Å². The van der Waals surface area contributed by atoms with E-state index in [-0.39, 0.29) is 0 Å². The smallest absolute Gasteiger partial charge is 0.211 e. The quantitative estimate of drug-likeness (QED) is 0.474. The zero-order valence-electron chi connectivity index (χ0n) is 13.9. The zero-order chi connectivity index (χ0) is 17.6. The van der Waals surface area contributed by atoms with E-state index in [0.29, 0.717) is 17.4 Å². The molecule has 0 spiro atoms. The van der Waals surface area contributed by atoms with Crippen molar-refractivity contribution < 1.29 is 4.74 Å². The molecule has 0 N–H and O–H groups in total. The lowest BCUT2D eigenvalue weighted by Crippen LogP contribution is -1.97. The van der Waals surface area contributed by atoms with E-state index in [4.69, 9.17) is 16.3 Å². The average molecular weight is 373 g/mol. The fraction of sp³-hybridized carbons (Fsp3) is 0.167. The molecule has 0 saturated heterocycles. The van der Waals surface area contributed by atoms with Crippen molar-refractivity contribution in [3.63, 3.8) is 0 Å². The van der Waals surface area contributed by atoms with Crippen molar-refractivity contribution >= 4 is 29.6 Å². The number of aromatic nitrogens is 3. The number of benzene rings is 2. The highest BCUT2D eigenvalue weighted by atomic mass is 35.5. The lowest BCUT2D eigenvalue weighted by molar-refractivity contribution is 0.306. The van der Waals surface area contributed by atoms with E-state index in [1.807, 2.05) is 61.7 Å². The van der Waals surface area contributed by atoms with Gasteiger partial charge in [-0.3, -0.25) is 0 Å². The second kappa shape index (κ2) is 8.18. The minimum absolute atomic E-state index is 0.477. The van der Waals surface area contributed by atoms with E-state index in [1.54, 1.807) is 10.9 Å². The molecule has 0 amide bonds. The van der Waals surface area contributed by atoms with E-state index in [1.165, 1.54) is 11.8 Å². The van der Waals surface area contributed by atoms with Crippen LogP contribution in [0.4, 0.5) is 0 Å². The summed E-state index contributed by atoms with van der Waals surface area (Å²) in [6.07, 6.45) is 3.66. The number of aryl methyl sites for hydroxylation is 1. The van der Waals surface area contributed by atoms with Crippen LogP contribution in [0.1, 0.15) is 17.0 Å². The van der Waals surface area contributed by atoms with Crippen molar-refractivity contribution in [3.05, 3.63) is 70.5 Å². The molecule has 0 atom stereocenters. The summed E-state index contributed by atoms with van der Waals surface area (Å²) in [6.45, 7) is 2.34. The molecule has 3 rings (SSSR count). The number of hydrogen-bond acceptors (Lipinski definition) is 5. The Morgan fingerprint density at radius 2 is 2.00 bits per heavy atom. The van der Waals surface area contributed by atoms with Crippen LogP contribution in [0, 0.1) is 6.92 Å². The van der Waals surface area contributed by atoms with Gasteiger partial charge < -0.3 is 4.74 Å². The lowest BCUT2D eigenvalue weighted by Gasteiger charge is -2.08. The standard InChI is InChI=1S/C18H17ClN4OS/c1-13-21-22-18(25-2)23(13)20-11-15-8-9-17(16(19)10-15)24-12-14-6-4-3-5-7-14/h3-11H,12H2,1-2H3/b20-11-. The van der Waals surface area contributed by atoms with Crippen molar-refractivity contribution in [2.75, 3.05) is 6.26 Å². The third-order valence-corrected chi connectivity index (χ3v) is 4.38. The molecule has 0 radical (unpaired) electrons. The minimum Gasteiger partial charge on any atom is -0.487 e. The Kier molecular flexibility index (Phi) is 5.73. The molecule has 0 aliphatic heterocycles. The van der Waals surface area contributed by atoms with Gasteiger partial charge in [0, 0.05) is 0 Å². The van der Waals surface area contributed by atoms with Crippen molar-refractivity contribution in [1.29, 1.82) is 0 Å². The summed E-state index contributed by atoms with van der Waals surface area (Å²) >= 11 is 7.81. The van der Waals surface area contributed by atoms with Crippen LogP contribution in [0.3, 0.4) is 0 Å². The predicted octanol–water partition coefficient (Wildman–Crippen LogP) is 4.42. The average Bonchev–Trinajstić information content (AvgIpc) is 3.00. The lowest BCUT2D eigenvalue weighted by atomic mass is 10.2. The molecular formula is C18H17ClN4OS. The largest absolute Gasteiger partial charge is 0.487 e. The molecule has 0 aliphatic carbocycles. The number of rotatable bonds is 6. The fourth-order valence-corrected chi connectivity index (χ4v) is 2.89. The van der Waals surface area contributed by atoms with Gasteiger partial charge in [-0.05, 0) is 42.5 Å². The van der Waals surface area contributed by atoms with Crippen LogP contribution < -0.4 is 4.74 Å². The maximum absolute atomic E-state index is 6.32. The molecule has 25 heavy (non-hydrogen) atoms. The van der Waals surface area contributed by atoms with E-state index >= 15 is 0 Å². The van der Waals surface area contributed by atoms with Crippen LogP contribution in [-0.4, -0.2) is 27.3 Å². The van der Waals surface area contributed by atoms with Crippen LogP contribution >= 0.6 is 23.4 Å². The summed E-state index contributed by atoms with van der Waals surface area (Å²) in [5.41, 5.74) is 1.97. The molecule has 128 valence electrons. The second-order valence-electron chi connectivity index (χ2n) is 5.25. The summed E-state index contributed by atoms with van der Waals surface area (Å²) in [5, 5.41) is 13.8. The highest BCUT2D eigenvalue weighted by Gasteiger charge is 2.06. The van der Waals surface area contributed by atoms with Gasteiger partial charge in [-0.2, -0.15) is 9.78 Å². The third kappa shape index (κ3) is 4.41. The van der Waals surface area contributed by atoms with Gasteiger partial charge in [0.05, 0.1) is 11.2 Å². The minimum atomic E-state index is 0.477. The van der Waals surface area contributed by atoms with Crippen LogP contribution in [0.25, 0.3) is 0 Å². The van der Waals surface area contributed by atoms with Crippen LogP contribution in [0.2, 0.25) is 5.02 Å². The monoisotopic (exact) mass is 372 g/mol. The molecule has 1 aromatic heterocycles. The molecule has 2 aromatic carbocycles. The summed E-state index contributed by atoms with van der Waals surface area (Å²) in [5.74, 6) is 1.38. The Hall–Kier alpha value is -2.31. The predicted molar refractivity (Wildman–Crippen MR) is 102 cm³/mol. The molecule has 7 heteroatoms. The Bertz CT molecular complexity index is 880. The van der Waals surface area contributed by atoms with Crippen molar-refractivity contribution in [2.45, 2.75) is 18.7 Å². The van der Waals surface area contributed by atoms with Crippen LogP contribution in [-0.2, 0) is 6.61 Å². The molecule has 0 unspecified atom stereocenters. The van der Waals surface area contributed by atoms with E-state index < -0.39 is 0 Å². The molecule has 5 nitrogen and oxygen atoms in total.